The van der Waals surface area contributed by atoms with Gasteiger partial charge in [-0.15, -0.1) is 17.3 Å². The molecule has 19 heavy (non-hydrogen) atoms. The zero-order valence-electron chi connectivity index (χ0n) is 11.9. The number of hydrogen-bond donors (Lipinski definition) is 1. The van der Waals surface area contributed by atoms with Crippen LogP contribution in [0, 0.1) is 17.3 Å². The van der Waals surface area contributed by atoms with Gasteiger partial charge in [-0.2, -0.15) is 0 Å². The van der Waals surface area contributed by atoms with Crippen LogP contribution in [0.25, 0.3) is 0 Å². The lowest BCUT2D eigenvalue weighted by atomic mass is 9.98. The van der Waals surface area contributed by atoms with E-state index >= 15 is 0 Å². The Labute approximate surface area is 123 Å². The summed E-state index contributed by atoms with van der Waals surface area (Å²) in [6.07, 6.45) is 2.32. The highest BCUT2D eigenvalue weighted by atomic mass is 32.2. The molecule has 0 atom stereocenters. The SMILES string of the molecule is CCSc1ncc(C(=O)NCCC#CC(C)(C)C)s1. The second-order valence-electron chi connectivity index (χ2n) is 4.98. The molecule has 0 saturated carbocycles. The number of thioether (sulfide) groups is 1. The Morgan fingerprint density at radius 2 is 2.26 bits per heavy atom. The summed E-state index contributed by atoms with van der Waals surface area (Å²) in [5.41, 5.74) is 0.0218. The van der Waals surface area contributed by atoms with E-state index in [0.29, 0.717) is 17.8 Å². The second kappa shape index (κ2) is 7.56. The highest BCUT2D eigenvalue weighted by Gasteiger charge is 2.09. The summed E-state index contributed by atoms with van der Waals surface area (Å²) >= 11 is 3.09. The van der Waals surface area contributed by atoms with E-state index in [2.05, 4.69) is 49.8 Å². The second-order valence-corrected chi connectivity index (χ2v) is 7.52. The fourth-order valence-corrected chi connectivity index (χ4v) is 3.00. The normalized spacial score (nSPS) is 10.7. The summed E-state index contributed by atoms with van der Waals surface area (Å²) in [5.74, 6) is 7.13. The Morgan fingerprint density at radius 3 is 2.89 bits per heavy atom. The maximum Gasteiger partial charge on any atom is 0.263 e. The molecule has 0 unspecified atom stereocenters. The molecule has 1 rings (SSSR count). The predicted molar refractivity (Wildman–Crippen MR) is 82.7 cm³/mol. The van der Waals surface area contributed by atoms with Crippen molar-refractivity contribution in [2.75, 3.05) is 12.3 Å². The lowest BCUT2D eigenvalue weighted by Crippen LogP contribution is -2.23. The fourth-order valence-electron chi connectivity index (χ4n) is 1.21. The van der Waals surface area contributed by atoms with Gasteiger partial charge in [0.2, 0.25) is 0 Å². The van der Waals surface area contributed by atoms with Gasteiger partial charge in [0.15, 0.2) is 4.34 Å². The van der Waals surface area contributed by atoms with Crippen molar-refractivity contribution in [3.8, 4) is 11.8 Å². The van der Waals surface area contributed by atoms with Gasteiger partial charge in [0, 0.05) is 18.4 Å². The number of carbonyl (C=O) groups excluding carboxylic acids is 1. The quantitative estimate of drug-likeness (QED) is 0.514. The highest BCUT2D eigenvalue weighted by molar-refractivity contribution is 8.01. The van der Waals surface area contributed by atoms with Gasteiger partial charge >= 0.3 is 0 Å². The van der Waals surface area contributed by atoms with Gasteiger partial charge in [0.05, 0.1) is 6.20 Å². The Balaban J connectivity index is 2.36. The lowest BCUT2D eigenvalue weighted by Gasteiger charge is -2.06. The first-order chi connectivity index (χ1) is 8.92. The van der Waals surface area contributed by atoms with E-state index < -0.39 is 0 Å². The number of amides is 1. The maximum atomic E-state index is 11.8. The van der Waals surface area contributed by atoms with Crippen LogP contribution in [0.15, 0.2) is 10.5 Å². The molecule has 0 bridgehead atoms. The van der Waals surface area contributed by atoms with Gasteiger partial charge in [-0.1, -0.05) is 24.6 Å². The molecule has 3 nitrogen and oxygen atoms in total. The third-order valence-corrected chi connectivity index (χ3v) is 4.01. The molecule has 0 radical (unpaired) electrons. The minimum atomic E-state index is -0.0574. The van der Waals surface area contributed by atoms with Gasteiger partial charge in [0.25, 0.3) is 5.91 Å². The molecule has 1 N–H and O–H groups in total. The van der Waals surface area contributed by atoms with Crippen LogP contribution in [-0.4, -0.2) is 23.2 Å². The first kappa shape index (κ1) is 16.1. The maximum absolute atomic E-state index is 11.8. The Hall–Kier alpha value is -0.990. The lowest BCUT2D eigenvalue weighted by molar-refractivity contribution is 0.0958. The highest BCUT2D eigenvalue weighted by Crippen LogP contribution is 2.23. The van der Waals surface area contributed by atoms with Crippen LogP contribution in [-0.2, 0) is 0 Å². The molecule has 1 heterocycles. The summed E-state index contributed by atoms with van der Waals surface area (Å²) in [5, 5.41) is 2.86. The van der Waals surface area contributed by atoms with Crippen LogP contribution in [0.2, 0.25) is 0 Å². The van der Waals surface area contributed by atoms with Crippen LogP contribution in [0.5, 0.6) is 0 Å². The van der Waals surface area contributed by atoms with Gasteiger partial charge < -0.3 is 5.32 Å². The molecular weight excluding hydrogens is 276 g/mol. The smallest absolute Gasteiger partial charge is 0.263 e. The Bertz CT molecular complexity index is 478. The molecule has 0 aliphatic heterocycles. The van der Waals surface area contributed by atoms with Crippen molar-refractivity contribution in [2.45, 2.75) is 38.5 Å². The molecule has 0 fully saturated rings. The van der Waals surface area contributed by atoms with Crippen molar-refractivity contribution < 1.29 is 4.79 Å². The van der Waals surface area contributed by atoms with Crippen molar-refractivity contribution in [1.29, 1.82) is 0 Å². The number of nitrogens with one attached hydrogen (secondary N) is 1. The summed E-state index contributed by atoms with van der Waals surface area (Å²) in [6, 6.07) is 0. The zero-order chi connectivity index (χ0) is 14.3. The number of carbonyl (C=O) groups is 1. The van der Waals surface area contributed by atoms with Crippen LogP contribution < -0.4 is 5.32 Å². The number of nitrogens with zero attached hydrogens (tertiary/aromatic N) is 1. The van der Waals surface area contributed by atoms with E-state index in [1.165, 1.54) is 11.3 Å². The molecule has 0 aliphatic rings. The van der Waals surface area contributed by atoms with Crippen LogP contribution in [0.4, 0.5) is 0 Å². The van der Waals surface area contributed by atoms with Gasteiger partial charge in [-0.25, -0.2) is 4.98 Å². The first-order valence-corrected chi connectivity index (χ1v) is 8.09. The number of aromatic nitrogens is 1. The molecular formula is C14H20N2OS2. The van der Waals surface area contributed by atoms with Crippen molar-refractivity contribution in [1.82, 2.24) is 10.3 Å². The molecule has 1 aromatic heterocycles. The summed E-state index contributed by atoms with van der Waals surface area (Å²) in [4.78, 5) is 16.7. The molecule has 1 aromatic rings. The van der Waals surface area contributed by atoms with E-state index in [-0.39, 0.29) is 11.3 Å². The standard InChI is InChI=1S/C14H20N2OS2/c1-5-18-13-16-10-11(19-13)12(17)15-9-7-6-8-14(2,3)4/h10H,5,7,9H2,1-4H3,(H,15,17). The third kappa shape index (κ3) is 6.65. The van der Waals surface area contributed by atoms with Crippen molar-refractivity contribution in [3.05, 3.63) is 11.1 Å². The molecule has 0 aliphatic carbocycles. The van der Waals surface area contributed by atoms with Gasteiger partial charge in [0.1, 0.15) is 4.88 Å². The van der Waals surface area contributed by atoms with Crippen LogP contribution in [0.1, 0.15) is 43.8 Å². The largest absolute Gasteiger partial charge is 0.350 e. The van der Waals surface area contributed by atoms with E-state index in [1.807, 2.05) is 0 Å². The summed E-state index contributed by atoms with van der Waals surface area (Å²) in [7, 11) is 0. The molecule has 104 valence electrons. The van der Waals surface area contributed by atoms with E-state index in [0.717, 1.165) is 10.1 Å². The molecule has 0 saturated heterocycles. The third-order valence-electron chi connectivity index (χ3n) is 1.98. The minimum Gasteiger partial charge on any atom is -0.350 e. The van der Waals surface area contributed by atoms with Gasteiger partial charge in [-0.05, 0) is 26.5 Å². The number of thiazole rings is 1. The average Bonchev–Trinajstić information content (AvgIpc) is 2.76. The molecule has 1 amide bonds. The van der Waals surface area contributed by atoms with Crippen LogP contribution >= 0.6 is 23.1 Å². The predicted octanol–water partition coefficient (Wildman–Crippen LogP) is 3.42. The number of rotatable bonds is 5. The van der Waals surface area contributed by atoms with Gasteiger partial charge in [-0.3, -0.25) is 4.79 Å². The number of hydrogen-bond acceptors (Lipinski definition) is 4. The minimum absolute atomic E-state index is 0.0218. The molecule has 0 spiro atoms. The zero-order valence-corrected chi connectivity index (χ0v) is 13.5. The van der Waals surface area contributed by atoms with E-state index in [9.17, 15) is 4.79 Å². The van der Waals surface area contributed by atoms with Crippen molar-refractivity contribution in [3.63, 3.8) is 0 Å². The van der Waals surface area contributed by atoms with E-state index in [1.54, 1.807) is 18.0 Å². The fraction of sp³-hybridized carbons (Fsp3) is 0.571. The summed E-state index contributed by atoms with van der Waals surface area (Å²) < 4.78 is 0.945. The van der Waals surface area contributed by atoms with E-state index in [4.69, 9.17) is 0 Å². The monoisotopic (exact) mass is 296 g/mol. The molecule has 5 heteroatoms. The van der Waals surface area contributed by atoms with Crippen molar-refractivity contribution >= 4 is 29.0 Å². The average molecular weight is 296 g/mol. The topological polar surface area (TPSA) is 42.0 Å². The first-order valence-electron chi connectivity index (χ1n) is 6.29. The summed E-state index contributed by atoms with van der Waals surface area (Å²) in [6.45, 7) is 8.87. The van der Waals surface area contributed by atoms with Crippen molar-refractivity contribution in [2.24, 2.45) is 5.41 Å². The molecule has 0 aromatic carbocycles. The Kier molecular flexibility index (Phi) is 6.40. The van der Waals surface area contributed by atoms with Crippen LogP contribution in [0.3, 0.4) is 0 Å². The Morgan fingerprint density at radius 1 is 1.53 bits per heavy atom.